The van der Waals surface area contributed by atoms with Crippen LogP contribution < -0.4 is 0 Å². The van der Waals surface area contributed by atoms with Gasteiger partial charge in [0.25, 0.3) is 0 Å². The minimum Gasteiger partial charge on any atom is -0.297 e. The van der Waals surface area contributed by atoms with Crippen molar-refractivity contribution in [3.8, 4) is 0 Å². The molecular formula is C14H24BrN3. The van der Waals surface area contributed by atoms with Crippen molar-refractivity contribution in [1.29, 1.82) is 0 Å². The first-order valence-electron chi connectivity index (χ1n) is 7.01. The Bertz CT molecular complexity index is 360. The lowest BCUT2D eigenvalue weighted by Crippen LogP contribution is -2.35. The molecule has 1 saturated heterocycles. The fourth-order valence-electron chi connectivity index (χ4n) is 2.66. The molecule has 1 aliphatic heterocycles. The van der Waals surface area contributed by atoms with Gasteiger partial charge in [0, 0.05) is 30.7 Å². The summed E-state index contributed by atoms with van der Waals surface area (Å²) in [6.45, 7) is 7.82. The van der Waals surface area contributed by atoms with Gasteiger partial charge in [0.2, 0.25) is 0 Å². The first-order valence-corrected chi connectivity index (χ1v) is 8.13. The van der Waals surface area contributed by atoms with Crippen molar-refractivity contribution in [2.24, 2.45) is 5.92 Å². The third-order valence-corrected chi connectivity index (χ3v) is 4.16. The Labute approximate surface area is 119 Å². The second-order valence-corrected chi connectivity index (χ2v) is 6.39. The van der Waals surface area contributed by atoms with Gasteiger partial charge in [-0.25, -0.2) is 0 Å². The maximum Gasteiger partial charge on any atom is 0.0764 e. The molecule has 0 spiro atoms. The molecule has 0 amide bonds. The number of likely N-dealkylation sites (tertiary alicyclic amines) is 1. The quantitative estimate of drug-likeness (QED) is 0.776. The zero-order valence-corrected chi connectivity index (χ0v) is 13.1. The van der Waals surface area contributed by atoms with Crippen molar-refractivity contribution in [1.82, 2.24) is 14.7 Å². The van der Waals surface area contributed by atoms with Crippen LogP contribution in [0.2, 0.25) is 0 Å². The van der Waals surface area contributed by atoms with E-state index in [4.69, 9.17) is 0 Å². The van der Waals surface area contributed by atoms with Crippen LogP contribution in [0.25, 0.3) is 0 Å². The molecule has 1 aromatic rings. The average Bonchev–Trinajstić information content (AvgIpc) is 2.78. The fourth-order valence-corrected chi connectivity index (χ4v) is 3.31. The number of aromatic nitrogens is 2. The number of hydrogen-bond donors (Lipinski definition) is 0. The molecule has 0 N–H and O–H groups in total. The normalized spacial score (nSPS) is 21.7. The summed E-state index contributed by atoms with van der Waals surface area (Å²) in [5.41, 5.74) is 1.21. The first kappa shape index (κ1) is 14.1. The molecule has 0 aliphatic carbocycles. The van der Waals surface area contributed by atoms with E-state index in [0.717, 1.165) is 17.8 Å². The molecule has 0 bridgehead atoms. The maximum absolute atomic E-state index is 4.64. The van der Waals surface area contributed by atoms with E-state index < -0.39 is 0 Å². The Morgan fingerprint density at radius 3 is 3.00 bits per heavy atom. The summed E-state index contributed by atoms with van der Waals surface area (Å²) in [4.78, 5) is 2.56. The molecule has 4 heteroatoms. The lowest BCUT2D eigenvalue weighted by atomic mass is 9.95. The lowest BCUT2D eigenvalue weighted by molar-refractivity contribution is 0.163. The molecule has 0 radical (unpaired) electrons. The van der Waals surface area contributed by atoms with Crippen LogP contribution in [0.3, 0.4) is 0 Å². The Morgan fingerprint density at radius 1 is 1.50 bits per heavy atom. The largest absolute Gasteiger partial charge is 0.297 e. The second kappa shape index (κ2) is 6.71. The number of hydrogen-bond acceptors (Lipinski definition) is 2. The lowest BCUT2D eigenvalue weighted by Gasteiger charge is -2.31. The van der Waals surface area contributed by atoms with E-state index in [2.05, 4.69) is 56.7 Å². The van der Waals surface area contributed by atoms with Crippen LogP contribution in [-0.2, 0) is 6.54 Å². The van der Waals surface area contributed by atoms with E-state index >= 15 is 0 Å². The summed E-state index contributed by atoms with van der Waals surface area (Å²) in [5.74, 6) is 0.866. The van der Waals surface area contributed by atoms with Gasteiger partial charge in [-0.3, -0.25) is 9.58 Å². The molecule has 2 rings (SSSR count). The highest BCUT2D eigenvalue weighted by molar-refractivity contribution is 9.09. The standard InChI is InChI=1S/C14H24BrN3/c1-12(2)18-9-6-14(16-18)11-17-8-3-4-13(10-17)5-7-15/h6,9,12-13H,3-5,7-8,10-11H2,1-2H3. The zero-order chi connectivity index (χ0) is 13.0. The van der Waals surface area contributed by atoms with Gasteiger partial charge in [-0.15, -0.1) is 0 Å². The second-order valence-electron chi connectivity index (χ2n) is 5.60. The highest BCUT2D eigenvalue weighted by Crippen LogP contribution is 2.21. The van der Waals surface area contributed by atoms with Gasteiger partial charge in [0.15, 0.2) is 0 Å². The Morgan fingerprint density at radius 2 is 2.33 bits per heavy atom. The smallest absolute Gasteiger partial charge is 0.0764 e. The molecule has 1 unspecified atom stereocenters. The molecule has 2 heterocycles. The minimum atomic E-state index is 0.459. The average molecular weight is 314 g/mol. The van der Waals surface area contributed by atoms with Crippen molar-refractivity contribution >= 4 is 15.9 Å². The van der Waals surface area contributed by atoms with Crippen LogP contribution in [0.4, 0.5) is 0 Å². The van der Waals surface area contributed by atoms with Crippen LogP contribution in [0.1, 0.15) is 44.8 Å². The van der Waals surface area contributed by atoms with E-state index in [1.54, 1.807) is 0 Å². The fraction of sp³-hybridized carbons (Fsp3) is 0.786. The highest BCUT2D eigenvalue weighted by atomic mass is 79.9. The summed E-state index contributed by atoms with van der Waals surface area (Å²) in [7, 11) is 0. The van der Waals surface area contributed by atoms with E-state index in [9.17, 15) is 0 Å². The van der Waals surface area contributed by atoms with Gasteiger partial charge >= 0.3 is 0 Å². The monoisotopic (exact) mass is 313 g/mol. The summed E-state index contributed by atoms with van der Waals surface area (Å²) >= 11 is 3.56. The predicted molar refractivity (Wildman–Crippen MR) is 79.0 cm³/mol. The van der Waals surface area contributed by atoms with Gasteiger partial charge in [0.05, 0.1) is 5.69 Å². The van der Waals surface area contributed by atoms with Crippen molar-refractivity contribution in [2.75, 3.05) is 18.4 Å². The molecule has 1 atom stereocenters. The van der Waals surface area contributed by atoms with E-state index in [-0.39, 0.29) is 0 Å². The zero-order valence-electron chi connectivity index (χ0n) is 11.5. The van der Waals surface area contributed by atoms with Crippen LogP contribution in [-0.4, -0.2) is 33.1 Å². The van der Waals surface area contributed by atoms with Gasteiger partial charge in [0.1, 0.15) is 0 Å². The molecular weight excluding hydrogens is 290 g/mol. The number of alkyl halides is 1. The Kier molecular flexibility index (Phi) is 5.25. The van der Waals surface area contributed by atoms with Crippen LogP contribution in [0, 0.1) is 5.92 Å². The van der Waals surface area contributed by atoms with E-state index in [1.165, 1.54) is 38.0 Å². The van der Waals surface area contributed by atoms with Crippen molar-refractivity contribution in [3.63, 3.8) is 0 Å². The van der Waals surface area contributed by atoms with Gasteiger partial charge in [-0.1, -0.05) is 15.9 Å². The van der Waals surface area contributed by atoms with Crippen molar-refractivity contribution < 1.29 is 0 Å². The maximum atomic E-state index is 4.64. The molecule has 0 saturated carbocycles. The van der Waals surface area contributed by atoms with E-state index in [1.807, 2.05) is 0 Å². The Balaban J connectivity index is 1.87. The SMILES string of the molecule is CC(C)n1ccc(CN2CCCC(CCBr)C2)n1. The minimum absolute atomic E-state index is 0.459. The molecule has 3 nitrogen and oxygen atoms in total. The number of halogens is 1. The van der Waals surface area contributed by atoms with Gasteiger partial charge in [-0.2, -0.15) is 5.10 Å². The van der Waals surface area contributed by atoms with Crippen LogP contribution in [0.15, 0.2) is 12.3 Å². The third kappa shape index (κ3) is 3.82. The summed E-state index contributed by atoms with van der Waals surface area (Å²) in [6, 6.07) is 2.62. The van der Waals surface area contributed by atoms with Crippen molar-refractivity contribution in [3.05, 3.63) is 18.0 Å². The topological polar surface area (TPSA) is 21.1 Å². The highest BCUT2D eigenvalue weighted by Gasteiger charge is 2.20. The number of nitrogens with zero attached hydrogens (tertiary/aromatic N) is 3. The number of piperidine rings is 1. The predicted octanol–water partition coefficient (Wildman–Crippen LogP) is 3.46. The first-order chi connectivity index (χ1) is 8.69. The van der Waals surface area contributed by atoms with E-state index in [0.29, 0.717) is 6.04 Å². The molecule has 1 fully saturated rings. The van der Waals surface area contributed by atoms with Crippen LogP contribution >= 0.6 is 15.9 Å². The Hall–Kier alpha value is -0.350. The third-order valence-electron chi connectivity index (χ3n) is 3.70. The summed E-state index contributed by atoms with van der Waals surface area (Å²) in [6.07, 6.45) is 6.13. The van der Waals surface area contributed by atoms with Crippen molar-refractivity contribution in [2.45, 2.75) is 45.7 Å². The van der Waals surface area contributed by atoms with Gasteiger partial charge in [-0.05, 0) is 51.6 Å². The van der Waals surface area contributed by atoms with Crippen LogP contribution in [0.5, 0.6) is 0 Å². The molecule has 1 aromatic heterocycles. The summed E-state index contributed by atoms with van der Waals surface area (Å²) in [5, 5.41) is 5.77. The number of rotatable bonds is 5. The molecule has 1 aliphatic rings. The molecule has 0 aromatic carbocycles. The van der Waals surface area contributed by atoms with Gasteiger partial charge < -0.3 is 0 Å². The molecule has 102 valence electrons. The summed E-state index contributed by atoms with van der Waals surface area (Å²) < 4.78 is 2.05. The molecule has 18 heavy (non-hydrogen) atoms.